The summed E-state index contributed by atoms with van der Waals surface area (Å²) in [6.45, 7) is 5.56. The summed E-state index contributed by atoms with van der Waals surface area (Å²) in [5.41, 5.74) is 0.302. The average molecular weight is 239 g/mol. The lowest BCUT2D eigenvalue weighted by Gasteiger charge is -2.10. The van der Waals surface area contributed by atoms with Gasteiger partial charge in [-0.3, -0.25) is 14.3 Å². The zero-order valence-corrected chi connectivity index (χ0v) is 10.2. The summed E-state index contributed by atoms with van der Waals surface area (Å²) in [6, 6.07) is 1.39. The predicted octanol–water partition coefficient (Wildman–Crippen LogP) is 1.06. The van der Waals surface area contributed by atoms with E-state index in [0.717, 1.165) is 0 Å². The van der Waals surface area contributed by atoms with Crippen molar-refractivity contribution in [2.24, 2.45) is 0 Å². The summed E-state index contributed by atoms with van der Waals surface area (Å²) < 4.78 is 1.68. The molecule has 0 bridgehead atoms. The van der Waals surface area contributed by atoms with Crippen molar-refractivity contribution in [1.82, 2.24) is 15.1 Å². The number of carbonyl (C=O) groups excluding carboxylic acids is 1. The van der Waals surface area contributed by atoms with Gasteiger partial charge in [0.1, 0.15) is 5.69 Å². The molecular weight excluding hydrogens is 222 g/mol. The molecule has 0 aliphatic carbocycles. The molecule has 1 aromatic rings. The van der Waals surface area contributed by atoms with Crippen LogP contribution in [0.2, 0.25) is 0 Å². The van der Waals surface area contributed by atoms with Crippen molar-refractivity contribution in [3.8, 4) is 0 Å². The number of carboxylic acids is 1. The van der Waals surface area contributed by atoms with Crippen LogP contribution in [0.4, 0.5) is 0 Å². The fraction of sp³-hybridized carbons (Fsp3) is 0.545. The summed E-state index contributed by atoms with van der Waals surface area (Å²) in [7, 11) is 0. The van der Waals surface area contributed by atoms with Gasteiger partial charge in [0, 0.05) is 18.3 Å². The molecule has 0 saturated carbocycles. The first kappa shape index (κ1) is 13.2. The molecule has 1 aromatic heterocycles. The molecule has 1 amide bonds. The molecule has 6 heteroatoms. The second-order valence-electron chi connectivity index (χ2n) is 4.25. The molecule has 0 aliphatic heterocycles. The summed E-state index contributed by atoms with van der Waals surface area (Å²) in [5.74, 6) is -1.29. The molecule has 6 nitrogen and oxygen atoms in total. The number of aromatic nitrogens is 2. The number of hydrogen-bond donors (Lipinski definition) is 2. The molecule has 1 heterocycles. The maximum atomic E-state index is 11.7. The van der Waals surface area contributed by atoms with Crippen molar-refractivity contribution in [3.05, 3.63) is 18.0 Å². The number of hydrogen-bond acceptors (Lipinski definition) is 3. The van der Waals surface area contributed by atoms with E-state index in [4.69, 9.17) is 5.11 Å². The fourth-order valence-electron chi connectivity index (χ4n) is 1.36. The van der Waals surface area contributed by atoms with Crippen molar-refractivity contribution in [1.29, 1.82) is 0 Å². The Morgan fingerprint density at radius 2 is 2.12 bits per heavy atom. The van der Waals surface area contributed by atoms with Crippen LogP contribution in [0.3, 0.4) is 0 Å². The maximum absolute atomic E-state index is 11.7. The number of nitrogens with one attached hydrogen (secondary N) is 1. The summed E-state index contributed by atoms with van der Waals surface area (Å²) >= 11 is 0. The quantitative estimate of drug-likeness (QED) is 0.804. The number of aliphatic carboxylic acids is 1. The first-order valence-electron chi connectivity index (χ1n) is 5.48. The number of rotatable bonds is 5. The van der Waals surface area contributed by atoms with Gasteiger partial charge in [0.25, 0.3) is 5.91 Å². The molecule has 1 atom stereocenters. The molecule has 17 heavy (non-hydrogen) atoms. The molecule has 0 aromatic carbocycles. The van der Waals surface area contributed by atoms with Gasteiger partial charge in [-0.1, -0.05) is 0 Å². The molecule has 0 fully saturated rings. The van der Waals surface area contributed by atoms with Crippen LogP contribution in [-0.4, -0.2) is 32.8 Å². The lowest BCUT2D eigenvalue weighted by atomic mass is 10.2. The van der Waals surface area contributed by atoms with Crippen molar-refractivity contribution >= 4 is 11.9 Å². The van der Waals surface area contributed by atoms with Crippen LogP contribution in [0.5, 0.6) is 0 Å². The van der Waals surface area contributed by atoms with E-state index in [-0.39, 0.29) is 18.4 Å². The zero-order chi connectivity index (χ0) is 13.0. The van der Waals surface area contributed by atoms with Crippen LogP contribution in [0.25, 0.3) is 0 Å². The van der Waals surface area contributed by atoms with E-state index in [2.05, 4.69) is 10.4 Å². The van der Waals surface area contributed by atoms with E-state index >= 15 is 0 Å². The first-order chi connectivity index (χ1) is 7.90. The van der Waals surface area contributed by atoms with Crippen molar-refractivity contribution < 1.29 is 14.7 Å². The Balaban J connectivity index is 2.60. The normalized spacial score (nSPS) is 12.5. The van der Waals surface area contributed by atoms with Gasteiger partial charge >= 0.3 is 5.97 Å². The molecule has 0 radical (unpaired) electrons. The molecule has 0 aliphatic rings. The maximum Gasteiger partial charge on any atom is 0.305 e. The summed E-state index contributed by atoms with van der Waals surface area (Å²) in [4.78, 5) is 22.1. The fourth-order valence-corrected chi connectivity index (χ4v) is 1.36. The van der Waals surface area contributed by atoms with Gasteiger partial charge < -0.3 is 10.4 Å². The first-order valence-corrected chi connectivity index (χ1v) is 5.48. The van der Waals surface area contributed by atoms with Gasteiger partial charge in [0.15, 0.2) is 0 Å². The third kappa shape index (κ3) is 3.90. The lowest BCUT2D eigenvalue weighted by Crippen LogP contribution is -2.34. The smallest absolute Gasteiger partial charge is 0.305 e. The second-order valence-corrected chi connectivity index (χ2v) is 4.25. The van der Waals surface area contributed by atoms with E-state index < -0.39 is 12.0 Å². The van der Waals surface area contributed by atoms with Crippen LogP contribution in [-0.2, 0) is 4.79 Å². The minimum absolute atomic E-state index is 0.101. The van der Waals surface area contributed by atoms with Crippen LogP contribution in [0.1, 0.15) is 43.7 Å². The molecule has 0 spiro atoms. The Kier molecular flexibility index (Phi) is 4.25. The molecule has 1 unspecified atom stereocenters. The standard InChI is InChI=1S/C11H17N3O3/c1-7(2)14-5-4-9(13-14)11(17)12-8(3)6-10(15)16/h4-5,7-8H,6H2,1-3H3,(H,12,17)(H,15,16). The molecular formula is C11H17N3O3. The highest BCUT2D eigenvalue weighted by atomic mass is 16.4. The van der Waals surface area contributed by atoms with E-state index in [1.807, 2.05) is 13.8 Å². The van der Waals surface area contributed by atoms with E-state index in [1.165, 1.54) is 0 Å². The summed E-state index contributed by atoms with van der Waals surface area (Å²) in [6.07, 6.45) is 1.62. The van der Waals surface area contributed by atoms with E-state index in [0.29, 0.717) is 5.69 Å². The Morgan fingerprint density at radius 3 is 2.59 bits per heavy atom. The number of carbonyl (C=O) groups is 2. The number of amides is 1. The molecule has 0 saturated heterocycles. The molecule has 1 rings (SSSR count). The third-order valence-electron chi connectivity index (χ3n) is 2.23. The highest BCUT2D eigenvalue weighted by molar-refractivity contribution is 5.92. The van der Waals surface area contributed by atoms with Crippen molar-refractivity contribution in [3.63, 3.8) is 0 Å². The van der Waals surface area contributed by atoms with Gasteiger partial charge in [-0.05, 0) is 26.8 Å². The average Bonchev–Trinajstić information content (AvgIpc) is 2.64. The Hall–Kier alpha value is -1.85. The third-order valence-corrected chi connectivity index (χ3v) is 2.23. The van der Waals surface area contributed by atoms with Crippen LogP contribution in [0.15, 0.2) is 12.3 Å². The van der Waals surface area contributed by atoms with Crippen molar-refractivity contribution in [2.45, 2.75) is 39.3 Å². The number of nitrogens with zero attached hydrogens (tertiary/aromatic N) is 2. The zero-order valence-electron chi connectivity index (χ0n) is 10.2. The number of carboxylic acid groups (broad SMARTS) is 1. The SMILES string of the molecule is CC(CC(=O)O)NC(=O)c1ccn(C(C)C)n1. The van der Waals surface area contributed by atoms with E-state index in [9.17, 15) is 9.59 Å². The van der Waals surface area contributed by atoms with Crippen LogP contribution >= 0.6 is 0 Å². The van der Waals surface area contributed by atoms with Gasteiger partial charge in [0.05, 0.1) is 6.42 Å². The Labute approximate surface area is 99.6 Å². The highest BCUT2D eigenvalue weighted by Gasteiger charge is 2.15. The van der Waals surface area contributed by atoms with Crippen LogP contribution < -0.4 is 5.32 Å². The Morgan fingerprint density at radius 1 is 1.47 bits per heavy atom. The topological polar surface area (TPSA) is 84.2 Å². The monoisotopic (exact) mass is 239 g/mol. The second kappa shape index (κ2) is 5.47. The van der Waals surface area contributed by atoms with Gasteiger partial charge in [-0.15, -0.1) is 0 Å². The lowest BCUT2D eigenvalue weighted by molar-refractivity contribution is -0.137. The van der Waals surface area contributed by atoms with Crippen molar-refractivity contribution in [2.75, 3.05) is 0 Å². The van der Waals surface area contributed by atoms with Crippen LogP contribution in [0, 0.1) is 0 Å². The molecule has 2 N–H and O–H groups in total. The van der Waals surface area contributed by atoms with Gasteiger partial charge in [-0.2, -0.15) is 5.10 Å². The van der Waals surface area contributed by atoms with E-state index in [1.54, 1.807) is 23.9 Å². The van der Waals surface area contributed by atoms with Gasteiger partial charge in [0.2, 0.25) is 0 Å². The van der Waals surface area contributed by atoms with Gasteiger partial charge in [-0.25, -0.2) is 0 Å². The largest absolute Gasteiger partial charge is 0.481 e. The highest BCUT2D eigenvalue weighted by Crippen LogP contribution is 2.04. The minimum atomic E-state index is -0.939. The molecule has 94 valence electrons. The Bertz CT molecular complexity index is 412. The summed E-state index contributed by atoms with van der Waals surface area (Å²) in [5, 5.41) is 15.3. The minimum Gasteiger partial charge on any atom is -0.481 e. The predicted molar refractivity (Wildman–Crippen MR) is 61.8 cm³/mol.